The smallest absolute Gasteiger partial charge is 0.126 e. The molecule has 0 radical (unpaired) electrons. The van der Waals surface area contributed by atoms with Crippen molar-refractivity contribution < 1.29 is 9.84 Å². The molecule has 1 fully saturated rings. The quantitative estimate of drug-likeness (QED) is 0.465. The van der Waals surface area contributed by atoms with Crippen LogP contribution < -0.4 is 4.74 Å². The summed E-state index contributed by atoms with van der Waals surface area (Å²) in [5, 5.41) is 9.77. The van der Waals surface area contributed by atoms with Gasteiger partial charge in [0.25, 0.3) is 0 Å². The Morgan fingerprint density at radius 1 is 0.828 bits per heavy atom. The average molecular weight is 415 g/mol. The Bertz CT molecular complexity index is 773. The zero-order valence-electron chi connectivity index (χ0n) is 17.0. The summed E-state index contributed by atoms with van der Waals surface area (Å²) in [4.78, 5) is 4.83. The lowest BCUT2D eigenvalue weighted by Gasteiger charge is -2.34. The number of β-amino-alcohol motifs (C(OH)–C–C–N with tert-alkyl or cyclic N) is 1. The van der Waals surface area contributed by atoms with E-state index >= 15 is 0 Å². The molecule has 0 aliphatic carbocycles. The lowest BCUT2D eigenvalue weighted by Crippen LogP contribution is -2.47. The van der Waals surface area contributed by atoms with Crippen molar-refractivity contribution in [2.75, 3.05) is 52.5 Å². The second-order valence-electron chi connectivity index (χ2n) is 7.36. The third-order valence-corrected chi connectivity index (χ3v) is 5.62. The molecule has 0 bridgehead atoms. The topological polar surface area (TPSA) is 35.9 Å². The van der Waals surface area contributed by atoms with Crippen molar-refractivity contribution in [1.82, 2.24) is 9.80 Å². The van der Waals surface area contributed by atoms with Crippen LogP contribution in [0.4, 0.5) is 0 Å². The standard InChI is InChI=1S/C24H31ClN2O2/c25-23-9-3-1-7-21(23)11-12-22-8-2-4-10-24(22)29-20-6-5-13-26-14-16-27(17-15-26)18-19-28/h1-4,7-12,28H,5-6,13-20H2/b12-11+. The van der Waals surface area contributed by atoms with Gasteiger partial charge in [-0.2, -0.15) is 0 Å². The van der Waals surface area contributed by atoms with Gasteiger partial charge in [-0.05, 0) is 37.1 Å². The van der Waals surface area contributed by atoms with Crippen molar-refractivity contribution in [2.24, 2.45) is 0 Å². The molecule has 29 heavy (non-hydrogen) atoms. The summed E-state index contributed by atoms with van der Waals surface area (Å²) in [6, 6.07) is 15.9. The zero-order valence-corrected chi connectivity index (χ0v) is 17.7. The molecule has 1 saturated heterocycles. The van der Waals surface area contributed by atoms with E-state index in [1.165, 1.54) is 0 Å². The van der Waals surface area contributed by atoms with E-state index in [2.05, 4.69) is 21.9 Å². The number of aliphatic hydroxyl groups is 1. The van der Waals surface area contributed by atoms with Crippen molar-refractivity contribution in [3.8, 4) is 5.75 Å². The van der Waals surface area contributed by atoms with Crippen LogP contribution in [0.5, 0.6) is 5.75 Å². The Morgan fingerprint density at radius 2 is 1.45 bits per heavy atom. The molecular weight excluding hydrogens is 384 g/mol. The molecule has 0 atom stereocenters. The summed E-state index contributed by atoms with van der Waals surface area (Å²) in [5.41, 5.74) is 2.07. The highest BCUT2D eigenvalue weighted by Gasteiger charge is 2.15. The second kappa shape index (κ2) is 12.0. The molecule has 4 nitrogen and oxygen atoms in total. The molecule has 3 rings (SSSR count). The first-order chi connectivity index (χ1) is 14.3. The van der Waals surface area contributed by atoms with Crippen molar-refractivity contribution in [2.45, 2.75) is 12.8 Å². The van der Waals surface area contributed by atoms with Gasteiger partial charge in [-0.1, -0.05) is 60.2 Å². The molecule has 2 aromatic rings. The molecule has 1 heterocycles. The highest BCUT2D eigenvalue weighted by atomic mass is 35.5. The molecule has 1 aliphatic heterocycles. The summed E-state index contributed by atoms with van der Waals surface area (Å²) >= 11 is 6.24. The number of halogens is 1. The third kappa shape index (κ3) is 7.16. The van der Waals surface area contributed by atoms with E-state index in [1.54, 1.807) is 0 Å². The fourth-order valence-electron chi connectivity index (χ4n) is 3.54. The monoisotopic (exact) mass is 414 g/mol. The van der Waals surface area contributed by atoms with E-state index in [9.17, 15) is 0 Å². The van der Waals surface area contributed by atoms with Gasteiger partial charge in [0.15, 0.2) is 0 Å². The van der Waals surface area contributed by atoms with Crippen LogP contribution in [0.3, 0.4) is 0 Å². The fourth-order valence-corrected chi connectivity index (χ4v) is 3.74. The largest absolute Gasteiger partial charge is 0.493 e. The van der Waals surface area contributed by atoms with Crippen LogP contribution >= 0.6 is 11.6 Å². The molecule has 2 aromatic carbocycles. The number of para-hydroxylation sites is 1. The van der Waals surface area contributed by atoms with E-state index in [0.29, 0.717) is 0 Å². The Hall–Kier alpha value is -1.85. The van der Waals surface area contributed by atoms with Crippen molar-refractivity contribution >= 4 is 23.8 Å². The number of rotatable bonds is 10. The van der Waals surface area contributed by atoms with Crippen LogP contribution in [0.15, 0.2) is 48.5 Å². The SMILES string of the molecule is OCCN1CCN(CCCCOc2ccccc2/C=C/c2ccccc2Cl)CC1. The maximum Gasteiger partial charge on any atom is 0.126 e. The molecule has 1 N–H and O–H groups in total. The van der Waals surface area contributed by atoms with Crippen LogP contribution in [0.2, 0.25) is 5.02 Å². The first-order valence-electron chi connectivity index (χ1n) is 10.5. The number of aliphatic hydroxyl groups excluding tert-OH is 1. The first-order valence-corrected chi connectivity index (χ1v) is 10.8. The molecule has 0 spiro atoms. The van der Waals surface area contributed by atoms with Gasteiger partial charge in [0, 0.05) is 43.3 Å². The Morgan fingerprint density at radius 3 is 2.17 bits per heavy atom. The predicted octanol–water partition coefficient (Wildman–Crippen LogP) is 4.28. The predicted molar refractivity (Wildman–Crippen MR) is 122 cm³/mol. The Kier molecular flexibility index (Phi) is 9.03. The third-order valence-electron chi connectivity index (χ3n) is 5.27. The molecule has 156 valence electrons. The molecule has 0 saturated carbocycles. The minimum Gasteiger partial charge on any atom is -0.493 e. The second-order valence-corrected chi connectivity index (χ2v) is 7.76. The molecular formula is C24H31ClN2O2. The maximum atomic E-state index is 9.02. The Labute approximate surface area is 179 Å². The Balaban J connectivity index is 1.41. The molecule has 0 aromatic heterocycles. The van der Waals surface area contributed by atoms with Crippen LogP contribution in [0.25, 0.3) is 12.2 Å². The van der Waals surface area contributed by atoms with Crippen LogP contribution in [0, 0.1) is 0 Å². The number of hydrogen-bond acceptors (Lipinski definition) is 4. The molecule has 0 unspecified atom stereocenters. The van der Waals surface area contributed by atoms with Gasteiger partial charge in [0.05, 0.1) is 13.2 Å². The van der Waals surface area contributed by atoms with E-state index in [1.807, 2.05) is 48.5 Å². The highest BCUT2D eigenvalue weighted by molar-refractivity contribution is 6.32. The summed E-state index contributed by atoms with van der Waals surface area (Å²) in [5.74, 6) is 0.911. The van der Waals surface area contributed by atoms with Crippen LogP contribution in [0.1, 0.15) is 24.0 Å². The number of ether oxygens (including phenoxy) is 1. The molecule has 1 aliphatic rings. The van der Waals surface area contributed by atoms with Crippen molar-refractivity contribution in [3.63, 3.8) is 0 Å². The molecule has 5 heteroatoms. The summed E-state index contributed by atoms with van der Waals surface area (Å²) in [7, 11) is 0. The van der Waals surface area contributed by atoms with E-state index in [4.69, 9.17) is 21.4 Å². The van der Waals surface area contributed by atoms with Crippen molar-refractivity contribution in [1.29, 1.82) is 0 Å². The minimum absolute atomic E-state index is 0.256. The summed E-state index contributed by atoms with van der Waals surface area (Å²) in [6.45, 7) is 7.20. The number of benzene rings is 2. The first kappa shape index (κ1) is 21.8. The lowest BCUT2D eigenvalue weighted by molar-refractivity contribution is 0.110. The maximum absolute atomic E-state index is 9.02. The van der Waals surface area contributed by atoms with Gasteiger partial charge in [-0.15, -0.1) is 0 Å². The molecule has 0 amide bonds. The van der Waals surface area contributed by atoms with E-state index < -0.39 is 0 Å². The van der Waals surface area contributed by atoms with Gasteiger partial charge in [0.2, 0.25) is 0 Å². The van der Waals surface area contributed by atoms with Crippen LogP contribution in [-0.4, -0.2) is 67.4 Å². The number of piperazine rings is 1. The van der Waals surface area contributed by atoms with Gasteiger partial charge >= 0.3 is 0 Å². The number of nitrogens with zero attached hydrogens (tertiary/aromatic N) is 2. The van der Waals surface area contributed by atoms with Crippen LogP contribution in [-0.2, 0) is 0 Å². The summed E-state index contributed by atoms with van der Waals surface area (Å²) in [6.07, 6.45) is 6.26. The van der Waals surface area contributed by atoms with E-state index in [-0.39, 0.29) is 6.61 Å². The average Bonchev–Trinajstić information content (AvgIpc) is 2.75. The lowest BCUT2D eigenvalue weighted by atomic mass is 10.1. The van der Waals surface area contributed by atoms with Gasteiger partial charge in [0.1, 0.15) is 5.75 Å². The van der Waals surface area contributed by atoms with Gasteiger partial charge in [-0.3, -0.25) is 4.90 Å². The number of unbranched alkanes of at least 4 members (excludes halogenated alkanes) is 1. The minimum atomic E-state index is 0.256. The number of hydrogen-bond donors (Lipinski definition) is 1. The van der Waals surface area contributed by atoms with Crippen molar-refractivity contribution in [3.05, 3.63) is 64.7 Å². The highest BCUT2D eigenvalue weighted by Crippen LogP contribution is 2.23. The van der Waals surface area contributed by atoms with E-state index in [0.717, 1.165) is 80.6 Å². The van der Waals surface area contributed by atoms with Gasteiger partial charge < -0.3 is 14.7 Å². The normalized spacial score (nSPS) is 15.8. The zero-order chi connectivity index (χ0) is 20.3. The fraction of sp³-hybridized carbons (Fsp3) is 0.417. The van der Waals surface area contributed by atoms with Gasteiger partial charge in [-0.25, -0.2) is 0 Å². The summed E-state index contributed by atoms with van der Waals surface area (Å²) < 4.78 is 6.06.